The van der Waals surface area contributed by atoms with Gasteiger partial charge in [0, 0.05) is 24.8 Å². The Balaban J connectivity index is 0.00000114. The number of likely N-dealkylation sites (N-methyl/N-ethyl adjacent to an activating group) is 1. The highest BCUT2D eigenvalue weighted by Crippen LogP contribution is 2.38. The van der Waals surface area contributed by atoms with Crippen molar-refractivity contribution in [2.75, 3.05) is 38.3 Å². The first-order valence-corrected chi connectivity index (χ1v) is 12.3. The van der Waals surface area contributed by atoms with Gasteiger partial charge in [-0.15, -0.1) is 0 Å². The third-order valence-corrected chi connectivity index (χ3v) is 5.07. The maximum Gasteiger partial charge on any atom is 0.416 e. The van der Waals surface area contributed by atoms with E-state index in [1.807, 2.05) is 20.8 Å². The van der Waals surface area contributed by atoms with E-state index < -0.39 is 17.7 Å². The summed E-state index contributed by atoms with van der Waals surface area (Å²) in [6, 6.07) is 10.2. The van der Waals surface area contributed by atoms with Crippen molar-refractivity contribution < 1.29 is 27.4 Å². The van der Waals surface area contributed by atoms with Crippen molar-refractivity contribution in [3.63, 3.8) is 0 Å². The second-order valence-electron chi connectivity index (χ2n) is 7.70. The highest BCUT2D eigenvalue weighted by molar-refractivity contribution is 6.00. The molecule has 8 heteroatoms. The Labute approximate surface area is 207 Å². The molecule has 1 fully saturated rings. The van der Waals surface area contributed by atoms with Crippen molar-refractivity contribution in [2.24, 2.45) is 0 Å². The van der Waals surface area contributed by atoms with E-state index in [1.165, 1.54) is 19.6 Å². The van der Waals surface area contributed by atoms with Gasteiger partial charge < -0.3 is 19.7 Å². The lowest BCUT2D eigenvalue weighted by molar-refractivity contribution is -0.137. The lowest BCUT2D eigenvalue weighted by Gasteiger charge is -2.20. The molecule has 1 atom stereocenters. The molecule has 5 nitrogen and oxygen atoms in total. The Morgan fingerprint density at radius 1 is 1.06 bits per heavy atom. The van der Waals surface area contributed by atoms with E-state index in [2.05, 4.69) is 19.2 Å². The number of carbonyl (C=O) groups is 1. The van der Waals surface area contributed by atoms with Crippen molar-refractivity contribution in [3.05, 3.63) is 53.6 Å². The van der Waals surface area contributed by atoms with Crippen LogP contribution in [0.2, 0.25) is 0 Å². The second-order valence-corrected chi connectivity index (χ2v) is 7.70. The minimum absolute atomic E-state index is 0.224. The first-order valence-electron chi connectivity index (χ1n) is 12.3. The summed E-state index contributed by atoms with van der Waals surface area (Å²) in [6.07, 6.45) is -2.74. The molecule has 1 amide bonds. The highest BCUT2D eigenvalue weighted by Gasteiger charge is 2.36. The summed E-state index contributed by atoms with van der Waals surface area (Å²) in [6.45, 7) is 12.6. The molecule has 0 radical (unpaired) electrons. The lowest BCUT2D eigenvalue weighted by Crippen LogP contribution is -2.26. The van der Waals surface area contributed by atoms with Crippen molar-refractivity contribution in [1.29, 1.82) is 0 Å². The zero-order valence-corrected chi connectivity index (χ0v) is 21.7. The maximum absolute atomic E-state index is 13.0. The predicted molar refractivity (Wildman–Crippen MR) is 136 cm³/mol. The number of alkyl halides is 3. The van der Waals surface area contributed by atoms with Crippen LogP contribution in [0.1, 0.15) is 64.5 Å². The van der Waals surface area contributed by atoms with E-state index in [9.17, 15) is 18.0 Å². The summed E-state index contributed by atoms with van der Waals surface area (Å²) < 4.78 is 50.2. The predicted octanol–water partition coefficient (Wildman–Crippen LogP) is 6.67. The molecule has 1 unspecified atom stereocenters. The highest BCUT2D eigenvalue weighted by atomic mass is 19.4. The number of amides is 1. The van der Waals surface area contributed by atoms with Gasteiger partial charge in [-0.1, -0.05) is 59.2 Å². The second kappa shape index (κ2) is 15.3. The summed E-state index contributed by atoms with van der Waals surface area (Å²) in [5.74, 6) is 0.241. The van der Waals surface area contributed by atoms with Gasteiger partial charge in [-0.2, -0.15) is 13.2 Å². The van der Waals surface area contributed by atoms with Crippen LogP contribution in [0.15, 0.2) is 42.5 Å². The van der Waals surface area contributed by atoms with Crippen molar-refractivity contribution >= 4 is 11.6 Å². The fraction of sp³-hybridized carbons (Fsp3) is 0.519. The van der Waals surface area contributed by atoms with Gasteiger partial charge in [0.05, 0.1) is 18.6 Å². The van der Waals surface area contributed by atoms with Crippen LogP contribution < -0.4 is 19.7 Å². The first-order chi connectivity index (χ1) is 16.8. The van der Waals surface area contributed by atoms with Crippen LogP contribution in [0.25, 0.3) is 0 Å². The molecule has 1 aliphatic heterocycles. The standard InChI is InChI=1S/C22H25F3N2O3.C3H8.C2H6/c1-3-26-10-12-30-20-14-17(7-8-19(20)29-2)27-11-9-18(21(27)28)15-5-4-6-16(13-15)22(23,24)25;1-3-2;1-2/h4-8,13-14,18,26H,3,9-12H2,1-2H3;3H2,1-2H3;1-2H3. The fourth-order valence-corrected chi connectivity index (χ4v) is 3.53. The van der Waals surface area contributed by atoms with Gasteiger partial charge in [-0.05, 0) is 36.7 Å². The number of anilines is 1. The Kier molecular flexibility index (Phi) is 13.2. The molecular formula is C27H39F3N2O3. The van der Waals surface area contributed by atoms with Crippen molar-refractivity contribution in [3.8, 4) is 11.5 Å². The summed E-state index contributed by atoms with van der Waals surface area (Å²) >= 11 is 0. The largest absolute Gasteiger partial charge is 0.493 e. The molecule has 2 aromatic carbocycles. The molecule has 196 valence electrons. The van der Waals surface area contributed by atoms with Crippen LogP contribution in [0.3, 0.4) is 0 Å². The van der Waals surface area contributed by atoms with Crippen LogP contribution in [0.4, 0.5) is 18.9 Å². The minimum Gasteiger partial charge on any atom is -0.493 e. The molecule has 3 rings (SSSR count). The number of ether oxygens (including phenoxy) is 2. The molecule has 1 N–H and O–H groups in total. The van der Waals surface area contributed by atoms with Gasteiger partial charge in [0.15, 0.2) is 11.5 Å². The number of carbonyl (C=O) groups excluding carboxylic acids is 1. The molecule has 2 aromatic rings. The van der Waals surface area contributed by atoms with Crippen LogP contribution in [-0.2, 0) is 11.0 Å². The van der Waals surface area contributed by atoms with Gasteiger partial charge in [0.2, 0.25) is 5.91 Å². The number of halogens is 3. The number of benzene rings is 2. The summed E-state index contributed by atoms with van der Waals surface area (Å²) in [5, 5.41) is 3.16. The van der Waals surface area contributed by atoms with Crippen LogP contribution in [0.5, 0.6) is 11.5 Å². The van der Waals surface area contributed by atoms with Gasteiger partial charge >= 0.3 is 6.18 Å². The zero-order chi connectivity index (χ0) is 26.4. The topological polar surface area (TPSA) is 50.8 Å². The third-order valence-electron chi connectivity index (χ3n) is 5.07. The van der Waals surface area contributed by atoms with E-state index in [0.717, 1.165) is 18.7 Å². The molecule has 0 saturated carbocycles. The molecule has 0 aliphatic carbocycles. The van der Waals surface area contributed by atoms with Crippen molar-refractivity contribution in [1.82, 2.24) is 5.32 Å². The average molecular weight is 497 g/mol. The molecule has 1 aliphatic rings. The molecular weight excluding hydrogens is 457 g/mol. The summed E-state index contributed by atoms with van der Waals surface area (Å²) in [7, 11) is 1.54. The molecule has 1 saturated heterocycles. The van der Waals surface area contributed by atoms with Gasteiger partial charge in [-0.3, -0.25) is 4.79 Å². The minimum atomic E-state index is -4.44. The Morgan fingerprint density at radius 2 is 1.74 bits per heavy atom. The SMILES string of the molecule is CC.CCC.CCNCCOc1cc(N2CCC(c3cccc(C(F)(F)F)c3)C2=O)ccc1OC. The molecule has 1 heterocycles. The average Bonchev–Trinajstić information content (AvgIpc) is 3.24. The third kappa shape index (κ3) is 8.76. The number of nitrogens with one attached hydrogen (secondary N) is 1. The first kappa shape index (κ1) is 30.3. The smallest absolute Gasteiger partial charge is 0.416 e. The van der Waals surface area contributed by atoms with Crippen LogP contribution >= 0.6 is 0 Å². The van der Waals surface area contributed by atoms with Crippen LogP contribution in [0, 0.1) is 0 Å². The van der Waals surface area contributed by atoms with Crippen molar-refractivity contribution in [2.45, 2.75) is 59.6 Å². The van der Waals surface area contributed by atoms with Crippen LogP contribution in [-0.4, -0.2) is 39.3 Å². The van der Waals surface area contributed by atoms with Gasteiger partial charge in [0.1, 0.15) is 6.61 Å². The number of methoxy groups -OCH3 is 1. The van der Waals surface area contributed by atoms with E-state index in [4.69, 9.17) is 9.47 Å². The number of hydrogen-bond donors (Lipinski definition) is 1. The van der Waals surface area contributed by atoms with E-state index in [1.54, 1.807) is 29.2 Å². The van der Waals surface area contributed by atoms with Gasteiger partial charge in [0.25, 0.3) is 0 Å². The monoisotopic (exact) mass is 496 g/mol. The molecule has 0 aromatic heterocycles. The number of rotatable bonds is 8. The number of hydrogen-bond acceptors (Lipinski definition) is 4. The number of nitrogens with zero attached hydrogens (tertiary/aromatic N) is 1. The molecule has 35 heavy (non-hydrogen) atoms. The summed E-state index contributed by atoms with van der Waals surface area (Å²) in [5.41, 5.74) is 0.272. The Morgan fingerprint density at radius 3 is 2.34 bits per heavy atom. The Hall–Kier alpha value is -2.74. The van der Waals surface area contributed by atoms with E-state index in [0.29, 0.717) is 48.9 Å². The molecule has 0 spiro atoms. The lowest BCUT2D eigenvalue weighted by atomic mass is 9.96. The van der Waals surface area contributed by atoms with Gasteiger partial charge in [-0.25, -0.2) is 0 Å². The fourth-order valence-electron chi connectivity index (χ4n) is 3.53. The summed E-state index contributed by atoms with van der Waals surface area (Å²) in [4.78, 5) is 14.6. The Bertz CT molecular complexity index is 903. The molecule has 0 bridgehead atoms. The van der Waals surface area contributed by atoms with E-state index >= 15 is 0 Å². The quantitative estimate of drug-likeness (QED) is 0.415. The normalized spacial score (nSPS) is 15.1. The maximum atomic E-state index is 13.0. The van der Waals surface area contributed by atoms with E-state index in [-0.39, 0.29) is 5.91 Å². The zero-order valence-electron chi connectivity index (χ0n) is 21.7.